The number of anilines is 1. The molecule has 4 rings (SSSR count). The van der Waals surface area contributed by atoms with Gasteiger partial charge in [-0.2, -0.15) is 0 Å². The lowest BCUT2D eigenvalue weighted by atomic mass is 10.1. The van der Waals surface area contributed by atoms with Crippen LogP contribution in [-0.4, -0.2) is 58.6 Å². The predicted molar refractivity (Wildman–Crippen MR) is 124 cm³/mol. The van der Waals surface area contributed by atoms with Crippen LogP contribution in [0.25, 0.3) is 10.9 Å². The molecule has 33 heavy (non-hydrogen) atoms. The quantitative estimate of drug-likeness (QED) is 0.601. The van der Waals surface area contributed by atoms with E-state index in [1.54, 1.807) is 32.2 Å². The largest absolute Gasteiger partial charge is 0.368 e. The molecule has 1 aromatic carbocycles. The third-order valence-corrected chi connectivity index (χ3v) is 6.12. The van der Waals surface area contributed by atoms with E-state index in [2.05, 4.69) is 25.1 Å². The summed E-state index contributed by atoms with van der Waals surface area (Å²) in [6.45, 7) is 7.06. The van der Waals surface area contributed by atoms with Gasteiger partial charge in [-0.05, 0) is 32.0 Å². The number of rotatable bonds is 5. The second kappa shape index (κ2) is 9.14. The summed E-state index contributed by atoms with van der Waals surface area (Å²) in [6.07, 6.45) is 0. The summed E-state index contributed by atoms with van der Waals surface area (Å²) in [5.74, 6) is -0.779. The number of carbonyl (C=O) groups is 1. The molecule has 0 bridgehead atoms. The first kappa shape index (κ1) is 22.7. The van der Waals surface area contributed by atoms with E-state index in [-0.39, 0.29) is 23.4 Å². The van der Waals surface area contributed by atoms with Gasteiger partial charge in [0, 0.05) is 51.9 Å². The number of carbonyl (C=O) groups excluding carboxylic acids is 1. The first-order chi connectivity index (χ1) is 15.8. The molecule has 1 saturated heterocycles. The molecule has 0 spiro atoms. The molecule has 0 aliphatic carbocycles. The van der Waals surface area contributed by atoms with Crippen LogP contribution in [0.1, 0.15) is 28.7 Å². The molecule has 1 aliphatic rings. The number of nitrogens with one attached hydrogen (secondary N) is 2. The Kier molecular flexibility index (Phi) is 6.28. The van der Waals surface area contributed by atoms with Crippen molar-refractivity contribution in [1.29, 1.82) is 0 Å². The van der Waals surface area contributed by atoms with Crippen LogP contribution in [0.15, 0.2) is 33.9 Å². The second-order valence-corrected chi connectivity index (χ2v) is 8.08. The molecule has 0 atom stereocenters. The van der Waals surface area contributed by atoms with Gasteiger partial charge in [0.25, 0.3) is 11.5 Å². The predicted octanol–water partition coefficient (Wildman–Crippen LogP) is 1.23. The molecule has 3 heterocycles. The lowest BCUT2D eigenvalue weighted by molar-refractivity contribution is 0.0958. The average Bonchev–Trinajstić information content (AvgIpc) is 2.81. The number of aryl methyl sites for hydroxylation is 1. The number of nitrogens with zero attached hydrogens (tertiary/aromatic N) is 4. The van der Waals surface area contributed by atoms with Gasteiger partial charge in [-0.1, -0.05) is 6.07 Å². The number of aromatic amines is 1. The maximum Gasteiger partial charge on any atom is 0.328 e. The monoisotopic (exact) mass is 454 g/mol. The fraction of sp³-hybridized carbons (Fsp3) is 0.391. The topological polar surface area (TPSA) is 103 Å². The third kappa shape index (κ3) is 4.25. The van der Waals surface area contributed by atoms with E-state index in [9.17, 15) is 14.4 Å². The molecule has 1 aliphatic heterocycles. The summed E-state index contributed by atoms with van der Waals surface area (Å²) in [6, 6.07) is 6.82. The van der Waals surface area contributed by atoms with Gasteiger partial charge >= 0.3 is 5.69 Å². The van der Waals surface area contributed by atoms with Gasteiger partial charge < -0.3 is 15.2 Å². The minimum atomic E-state index is -0.605. The zero-order valence-electron chi connectivity index (χ0n) is 18.9. The Morgan fingerprint density at radius 1 is 1.15 bits per heavy atom. The van der Waals surface area contributed by atoms with Crippen molar-refractivity contribution in [2.45, 2.75) is 26.9 Å². The number of pyridine rings is 1. The summed E-state index contributed by atoms with van der Waals surface area (Å²) in [5, 5.41) is 2.75. The number of H-pyrrole nitrogens is 1. The zero-order chi connectivity index (χ0) is 23.7. The molecule has 2 N–H and O–H groups in total. The van der Waals surface area contributed by atoms with Crippen molar-refractivity contribution >= 4 is 22.5 Å². The molecule has 1 amide bonds. The van der Waals surface area contributed by atoms with Crippen LogP contribution < -0.4 is 21.5 Å². The highest BCUT2D eigenvalue weighted by Crippen LogP contribution is 2.22. The number of hydrogen-bond acceptors (Lipinski definition) is 6. The smallest absolute Gasteiger partial charge is 0.328 e. The molecule has 174 valence electrons. The molecule has 0 radical (unpaired) electrons. The maximum atomic E-state index is 15.2. The van der Waals surface area contributed by atoms with Crippen LogP contribution in [0.4, 0.5) is 10.1 Å². The molecular formula is C23H27FN6O3. The minimum absolute atomic E-state index is 0.0382. The number of piperazine rings is 1. The lowest BCUT2D eigenvalue weighted by Gasteiger charge is -2.36. The van der Waals surface area contributed by atoms with E-state index in [4.69, 9.17) is 0 Å². The number of hydrogen-bond donors (Lipinski definition) is 2. The van der Waals surface area contributed by atoms with Crippen molar-refractivity contribution in [3.63, 3.8) is 0 Å². The summed E-state index contributed by atoms with van der Waals surface area (Å²) in [7, 11) is 1.57. The van der Waals surface area contributed by atoms with E-state index < -0.39 is 17.1 Å². The molecular weight excluding hydrogens is 427 g/mol. The highest BCUT2D eigenvalue weighted by atomic mass is 19.1. The molecule has 0 saturated carbocycles. The zero-order valence-corrected chi connectivity index (χ0v) is 18.9. The lowest BCUT2D eigenvalue weighted by Crippen LogP contribution is -2.46. The van der Waals surface area contributed by atoms with E-state index in [0.717, 1.165) is 29.0 Å². The second-order valence-electron chi connectivity index (χ2n) is 8.08. The summed E-state index contributed by atoms with van der Waals surface area (Å²) in [5.41, 5.74) is 1.45. The van der Waals surface area contributed by atoms with Crippen molar-refractivity contribution in [3.8, 4) is 0 Å². The van der Waals surface area contributed by atoms with Gasteiger partial charge in [-0.25, -0.2) is 14.2 Å². The number of benzene rings is 1. The van der Waals surface area contributed by atoms with E-state index in [1.807, 2.05) is 13.0 Å². The standard InChI is InChI=1S/C23H27FN6O3/c1-4-30-22(32)16-6-5-15(19(24)20(16)27-23(30)33)13-28-9-11-29(12-10-28)18-8-7-17(21(31)25-3)26-14(18)2/h5-8H,4,9-13H2,1-3H3,(H,25,31)(H,27,33). The average molecular weight is 455 g/mol. The summed E-state index contributed by atoms with van der Waals surface area (Å²) in [4.78, 5) is 47.6. The van der Waals surface area contributed by atoms with Crippen molar-refractivity contribution in [2.24, 2.45) is 0 Å². The normalized spacial score (nSPS) is 14.6. The molecule has 10 heteroatoms. The molecule has 2 aromatic heterocycles. The van der Waals surface area contributed by atoms with Gasteiger partial charge in [0.1, 0.15) is 5.69 Å². The fourth-order valence-corrected chi connectivity index (χ4v) is 4.27. The first-order valence-corrected chi connectivity index (χ1v) is 10.9. The summed E-state index contributed by atoms with van der Waals surface area (Å²) < 4.78 is 16.2. The van der Waals surface area contributed by atoms with Crippen LogP contribution in [0.3, 0.4) is 0 Å². The number of amides is 1. The number of aromatic nitrogens is 3. The Labute approximate surface area is 189 Å². The van der Waals surface area contributed by atoms with E-state index >= 15 is 4.39 Å². The highest BCUT2D eigenvalue weighted by molar-refractivity contribution is 5.92. The molecule has 1 fully saturated rings. The molecule has 3 aromatic rings. The van der Waals surface area contributed by atoms with Gasteiger partial charge in [0.2, 0.25) is 0 Å². The fourth-order valence-electron chi connectivity index (χ4n) is 4.27. The van der Waals surface area contributed by atoms with Crippen molar-refractivity contribution in [3.05, 3.63) is 67.9 Å². The van der Waals surface area contributed by atoms with Crippen LogP contribution in [0, 0.1) is 12.7 Å². The number of halogens is 1. The Morgan fingerprint density at radius 3 is 2.52 bits per heavy atom. The molecule has 0 unspecified atom stereocenters. The summed E-state index contributed by atoms with van der Waals surface area (Å²) >= 11 is 0. The van der Waals surface area contributed by atoms with Crippen molar-refractivity contribution in [1.82, 2.24) is 24.8 Å². The van der Waals surface area contributed by atoms with Gasteiger partial charge in [0.05, 0.1) is 22.3 Å². The van der Waals surface area contributed by atoms with Crippen LogP contribution in [-0.2, 0) is 13.1 Å². The Bertz CT molecular complexity index is 1320. The molecule has 9 nitrogen and oxygen atoms in total. The van der Waals surface area contributed by atoms with Crippen molar-refractivity contribution < 1.29 is 9.18 Å². The Hall–Kier alpha value is -3.53. The van der Waals surface area contributed by atoms with Crippen LogP contribution in [0.5, 0.6) is 0 Å². The number of fused-ring (bicyclic) bond motifs is 1. The van der Waals surface area contributed by atoms with Crippen LogP contribution >= 0.6 is 0 Å². The van der Waals surface area contributed by atoms with Gasteiger partial charge in [-0.15, -0.1) is 0 Å². The minimum Gasteiger partial charge on any atom is -0.368 e. The first-order valence-electron chi connectivity index (χ1n) is 10.9. The van der Waals surface area contributed by atoms with Crippen molar-refractivity contribution in [2.75, 3.05) is 38.1 Å². The SMILES string of the molecule is CCn1c(=O)[nH]c2c(F)c(CN3CCN(c4ccc(C(=O)NC)nc4C)CC3)ccc2c1=O. The van der Waals surface area contributed by atoms with Gasteiger partial charge in [-0.3, -0.25) is 19.1 Å². The van der Waals surface area contributed by atoms with E-state index in [1.165, 1.54) is 0 Å². The third-order valence-electron chi connectivity index (χ3n) is 6.12. The van der Waals surface area contributed by atoms with Gasteiger partial charge in [0.15, 0.2) is 5.82 Å². The maximum absolute atomic E-state index is 15.2. The Morgan fingerprint density at radius 2 is 1.88 bits per heavy atom. The van der Waals surface area contributed by atoms with Crippen LogP contribution in [0.2, 0.25) is 0 Å². The Balaban J connectivity index is 1.48. The highest BCUT2D eigenvalue weighted by Gasteiger charge is 2.22. The van der Waals surface area contributed by atoms with E-state index in [0.29, 0.717) is 30.9 Å².